The molecule has 2 heterocycles. The SMILES string of the molecule is COCC(C)N(C(=O)C1CCC(C)CC1)c1cc(-c2ccc(NC(=O)C3CN(C)C=N3)cc2)sc1C(=O)O. The molecule has 0 spiro atoms. The Morgan fingerprint density at radius 3 is 2.47 bits per heavy atom. The van der Waals surface area contributed by atoms with Crippen LogP contribution >= 0.6 is 11.3 Å². The number of anilines is 2. The van der Waals surface area contributed by atoms with Gasteiger partial charge in [0.05, 0.1) is 24.7 Å². The van der Waals surface area contributed by atoms with Crippen LogP contribution in [0.4, 0.5) is 11.4 Å². The Morgan fingerprint density at radius 2 is 1.89 bits per heavy atom. The Bertz CT molecular complexity index is 1190. The van der Waals surface area contributed by atoms with E-state index in [1.807, 2.05) is 31.0 Å². The average Bonchev–Trinajstić information content (AvgIpc) is 3.52. The second-order valence-electron chi connectivity index (χ2n) is 10.4. The minimum Gasteiger partial charge on any atom is -0.477 e. The van der Waals surface area contributed by atoms with Crippen molar-refractivity contribution in [3.05, 3.63) is 35.2 Å². The topological polar surface area (TPSA) is 112 Å². The Labute approximate surface area is 227 Å². The van der Waals surface area contributed by atoms with Gasteiger partial charge in [-0.3, -0.25) is 14.6 Å². The number of aliphatic imine (C=N–C) groups is 1. The third-order valence-electron chi connectivity index (χ3n) is 7.26. The Morgan fingerprint density at radius 1 is 1.21 bits per heavy atom. The lowest BCUT2D eigenvalue weighted by Crippen LogP contribution is -2.45. The van der Waals surface area contributed by atoms with Crippen LogP contribution in [0.15, 0.2) is 35.3 Å². The van der Waals surface area contributed by atoms with Crippen molar-refractivity contribution in [1.82, 2.24) is 4.90 Å². The number of hydrogen-bond acceptors (Lipinski definition) is 7. The highest BCUT2D eigenvalue weighted by Crippen LogP contribution is 2.40. The number of carbonyl (C=O) groups is 3. The smallest absolute Gasteiger partial charge is 0.348 e. The van der Waals surface area contributed by atoms with Gasteiger partial charge in [0, 0.05) is 37.2 Å². The molecule has 1 aliphatic heterocycles. The molecule has 0 radical (unpaired) electrons. The second kappa shape index (κ2) is 12.1. The molecule has 204 valence electrons. The third kappa shape index (κ3) is 6.24. The van der Waals surface area contributed by atoms with Crippen molar-refractivity contribution < 1.29 is 24.2 Å². The van der Waals surface area contributed by atoms with E-state index in [9.17, 15) is 19.5 Å². The van der Waals surface area contributed by atoms with Crippen molar-refractivity contribution in [3.63, 3.8) is 0 Å². The predicted octanol–water partition coefficient (Wildman–Crippen LogP) is 4.59. The van der Waals surface area contributed by atoms with E-state index in [4.69, 9.17) is 4.74 Å². The van der Waals surface area contributed by atoms with E-state index >= 15 is 0 Å². The molecule has 0 saturated heterocycles. The van der Waals surface area contributed by atoms with Gasteiger partial charge in [0.15, 0.2) is 0 Å². The number of carboxylic acid groups (broad SMARTS) is 1. The minimum atomic E-state index is -1.07. The average molecular weight is 541 g/mol. The fourth-order valence-electron chi connectivity index (χ4n) is 5.10. The molecular formula is C28H36N4O5S. The van der Waals surface area contributed by atoms with E-state index in [1.54, 1.807) is 36.5 Å². The first-order valence-electron chi connectivity index (χ1n) is 13.0. The molecule has 1 aliphatic carbocycles. The highest BCUT2D eigenvalue weighted by atomic mass is 32.1. The summed E-state index contributed by atoms with van der Waals surface area (Å²) in [4.78, 5) is 47.1. The molecule has 2 amide bonds. The summed E-state index contributed by atoms with van der Waals surface area (Å²) in [5, 5.41) is 12.9. The van der Waals surface area contributed by atoms with Gasteiger partial charge in [0.2, 0.25) is 5.91 Å². The van der Waals surface area contributed by atoms with Crippen LogP contribution in [0.1, 0.15) is 49.2 Å². The monoisotopic (exact) mass is 540 g/mol. The lowest BCUT2D eigenvalue weighted by molar-refractivity contribution is -0.124. The Balaban J connectivity index is 1.59. The molecule has 0 bridgehead atoms. The zero-order valence-corrected chi connectivity index (χ0v) is 23.2. The van der Waals surface area contributed by atoms with Crippen molar-refractivity contribution >= 4 is 46.8 Å². The maximum atomic E-state index is 13.7. The van der Waals surface area contributed by atoms with Crippen LogP contribution < -0.4 is 10.2 Å². The number of rotatable bonds is 9. The van der Waals surface area contributed by atoms with Crippen molar-refractivity contribution in [3.8, 4) is 10.4 Å². The van der Waals surface area contributed by atoms with Gasteiger partial charge in [-0.25, -0.2) is 4.79 Å². The van der Waals surface area contributed by atoms with Gasteiger partial charge in [0.25, 0.3) is 5.91 Å². The summed E-state index contributed by atoms with van der Waals surface area (Å²) < 4.78 is 5.36. The van der Waals surface area contributed by atoms with E-state index in [0.717, 1.165) is 47.5 Å². The van der Waals surface area contributed by atoms with Crippen molar-refractivity contribution in [2.45, 2.75) is 51.6 Å². The number of nitrogens with one attached hydrogen (secondary N) is 1. The molecule has 1 saturated carbocycles. The van der Waals surface area contributed by atoms with Crippen molar-refractivity contribution in [2.75, 3.05) is 37.5 Å². The highest BCUT2D eigenvalue weighted by Gasteiger charge is 2.34. The summed E-state index contributed by atoms with van der Waals surface area (Å²) in [6.07, 6.45) is 5.26. The Hall–Kier alpha value is -3.24. The molecule has 2 N–H and O–H groups in total. The van der Waals surface area contributed by atoms with Crippen LogP contribution in [-0.4, -0.2) is 73.5 Å². The number of nitrogens with zero attached hydrogens (tertiary/aromatic N) is 3. The summed E-state index contributed by atoms with van der Waals surface area (Å²) >= 11 is 1.14. The van der Waals surface area contributed by atoms with Gasteiger partial charge in [-0.15, -0.1) is 11.3 Å². The third-order valence-corrected chi connectivity index (χ3v) is 8.42. The minimum absolute atomic E-state index is 0.0356. The molecule has 2 aromatic rings. The molecule has 9 nitrogen and oxygen atoms in total. The quantitative estimate of drug-likeness (QED) is 0.481. The lowest BCUT2D eigenvalue weighted by Gasteiger charge is -2.34. The molecule has 38 heavy (non-hydrogen) atoms. The molecular weight excluding hydrogens is 504 g/mol. The lowest BCUT2D eigenvalue weighted by atomic mass is 9.82. The number of carboxylic acids is 1. The summed E-state index contributed by atoms with van der Waals surface area (Å²) in [5.74, 6) is -0.801. The number of methoxy groups -OCH3 is 1. The molecule has 2 unspecified atom stereocenters. The fraction of sp³-hybridized carbons (Fsp3) is 0.500. The van der Waals surface area contributed by atoms with E-state index in [-0.39, 0.29) is 28.7 Å². The van der Waals surface area contributed by atoms with Crippen LogP contribution in [0.3, 0.4) is 0 Å². The highest BCUT2D eigenvalue weighted by molar-refractivity contribution is 7.18. The first-order valence-corrected chi connectivity index (χ1v) is 13.8. The van der Waals surface area contributed by atoms with Crippen LogP contribution in [0.5, 0.6) is 0 Å². The van der Waals surface area contributed by atoms with Gasteiger partial charge in [-0.1, -0.05) is 19.1 Å². The molecule has 10 heteroatoms. The second-order valence-corrected chi connectivity index (χ2v) is 11.4. The largest absolute Gasteiger partial charge is 0.477 e. The van der Waals surface area contributed by atoms with Gasteiger partial charge in [0.1, 0.15) is 10.9 Å². The first kappa shape index (κ1) is 27.8. The number of hydrogen-bond donors (Lipinski definition) is 2. The van der Waals surface area contributed by atoms with Gasteiger partial charge in [-0.2, -0.15) is 0 Å². The number of ether oxygens (including phenoxy) is 1. The van der Waals surface area contributed by atoms with Crippen LogP contribution in [0, 0.1) is 11.8 Å². The number of benzene rings is 1. The molecule has 1 fully saturated rings. The summed E-state index contributed by atoms with van der Waals surface area (Å²) in [7, 11) is 3.45. The van der Waals surface area contributed by atoms with Crippen LogP contribution in [0.25, 0.3) is 10.4 Å². The predicted molar refractivity (Wildman–Crippen MR) is 150 cm³/mol. The van der Waals surface area contributed by atoms with Crippen molar-refractivity contribution in [2.24, 2.45) is 16.8 Å². The Kier molecular flexibility index (Phi) is 8.83. The van der Waals surface area contributed by atoms with Gasteiger partial charge >= 0.3 is 5.97 Å². The fourth-order valence-corrected chi connectivity index (χ4v) is 6.10. The molecule has 1 aromatic carbocycles. The standard InChI is InChI=1S/C28H36N4O5S/c1-17-5-7-20(8-6-17)27(34)32(18(2)15-37-4)23-13-24(38-25(23)28(35)36)19-9-11-21(12-10-19)30-26(33)22-14-31(3)16-29-22/h9-13,16-18,20,22H,5-8,14-15H2,1-4H3,(H,30,33)(H,35,36). The summed E-state index contributed by atoms with van der Waals surface area (Å²) in [6.45, 7) is 4.93. The van der Waals surface area contributed by atoms with Gasteiger partial charge in [-0.05, 0) is 62.3 Å². The van der Waals surface area contributed by atoms with Gasteiger partial charge < -0.3 is 25.0 Å². The molecule has 2 atom stereocenters. The van der Waals surface area contributed by atoms with E-state index in [1.165, 1.54) is 0 Å². The number of thiophene rings is 1. The van der Waals surface area contributed by atoms with Crippen molar-refractivity contribution in [1.29, 1.82) is 0 Å². The summed E-state index contributed by atoms with van der Waals surface area (Å²) in [5.41, 5.74) is 1.85. The maximum absolute atomic E-state index is 13.7. The van der Waals surface area contributed by atoms with E-state index in [0.29, 0.717) is 30.4 Å². The number of amides is 2. The zero-order valence-electron chi connectivity index (χ0n) is 22.3. The van der Waals surface area contributed by atoms with E-state index < -0.39 is 12.0 Å². The van der Waals surface area contributed by atoms with Crippen LogP contribution in [-0.2, 0) is 14.3 Å². The number of likely N-dealkylation sites (N-methyl/N-ethyl adjacent to an activating group) is 1. The molecule has 1 aromatic heterocycles. The zero-order chi connectivity index (χ0) is 27.4. The first-order chi connectivity index (χ1) is 18.2. The molecule has 2 aliphatic rings. The number of carbonyl (C=O) groups excluding carboxylic acids is 2. The van der Waals surface area contributed by atoms with E-state index in [2.05, 4.69) is 17.2 Å². The maximum Gasteiger partial charge on any atom is 0.348 e. The van der Waals surface area contributed by atoms with Crippen LogP contribution in [0.2, 0.25) is 0 Å². The molecule has 4 rings (SSSR count). The summed E-state index contributed by atoms with van der Waals surface area (Å²) in [6, 6.07) is 8.29. The normalized spacial score (nSPS) is 21.8. The number of aromatic carboxylic acids is 1.